The molecule has 0 spiro atoms. The molecule has 0 aromatic heterocycles. The van der Waals surface area contributed by atoms with Crippen LogP contribution in [0.2, 0.25) is 0 Å². The van der Waals surface area contributed by atoms with Crippen LogP contribution < -0.4 is 0 Å². The van der Waals surface area contributed by atoms with Gasteiger partial charge in [0.2, 0.25) is 0 Å². The van der Waals surface area contributed by atoms with E-state index in [0.717, 1.165) is 16.4 Å². The van der Waals surface area contributed by atoms with E-state index < -0.39 is 0 Å². The molecule has 0 radical (unpaired) electrons. The van der Waals surface area contributed by atoms with E-state index in [1.807, 2.05) is 0 Å². The first-order valence-electron chi connectivity index (χ1n) is 12.7. The first kappa shape index (κ1) is 28.1. The first-order valence-corrected chi connectivity index (χ1v) is 13.5. The summed E-state index contributed by atoms with van der Waals surface area (Å²) in [7, 11) is 5.24. The van der Waals surface area contributed by atoms with Crippen LogP contribution in [0.15, 0.2) is 0 Å². The Morgan fingerprint density at radius 1 is 0.679 bits per heavy atom. The van der Waals surface area contributed by atoms with E-state index in [4.69, 9.17) is 4.43 Å². The lowest BCUT2D eigenvalue weighted by Crippen LogP contribution is -2.26. The fourth-order valence-electron chi connectivity index (χ4n) is 4.36. The van der Waals surface area contributed by atoms with Crippen LogP contribution in [0.4, 0.5) is 0 Å². The van der Waals surface area contributed by atoms with Gasteiger partial charge in [-0.15, -0.1) is 0 Å². The molecule has 0 amide bonds. The molecule has 0 rings (SSSR count). The van der Waals surface area contributed by atoms with Crippen molar-refractivity contribution < 1.29 is 4.43 Å². The zero-order valence-corrected chi connectivity index (χ0v) is 22.6. The Bertz CT molecular complexity index is 311. The lowest BCUT2D eigenvalue weighted by Gasteiger charge is -2.29. The topological polar surface area (TPSA) is 12.5 Å². The summed E-state index contributed by atoms with van der Waals surface area (Å²) in [4.78, 5) is 2.32. The SMILES string of the molecule is CCCCCCCCCCCCCCCC(CCCN(C)C)C(C)C(C)O[SiH3]. The molecule has 0 aliphatic heterocycles. The molecule has 0 bridgehead atoms. The van der Waals surface area contributed by atoms with Crippen molar-refractivity contribution in [3.63, 3.8) is 0 Å². The largest absolute Gasteiger partial charge is 0.425 e. The van der Waals surface area contributed by atoms with E-state index in [0.29, 0.717) is 12.0 Å². The van der Waals surface area contributed by atoms with Crippen molar-refractivity contribution in [2.75, 3.05) is 20.6 Å². The summed E-state index contributed by atoms with van der Waals surface area (Å²) in [5.74, 6) is 1.55. The van der Waals surface area contributed by atoms with Crippen molar-refractivity contribution in [2.24, 2.45) is 11.8 Å². The molecule has 0 N–H and O–H groups in total. The molecule has 3 heteroatoms. The fraction of sp³-hybridized carbons (Fsp3) is 1.00. The lowest BCUT2D eigenvalue weighted by atomic mass is 9.82. The summed E-state index contributed by atoms with van der Waals surface area (Å²) in [5, 5.41) is 0. The van der Waals surface area contributed by atoms with E-state index in [-0.39, 0.29) is 0 Å². The Kier molecular flexibility index (Phi) is 20.5. The summed E-state index contributed by atoms with van der Waals surface area (Å²) >= 11 is 0. The van der Waals surface area contributed by atoms with Crippen LogP contribution in [-0.4, -0.2) is 42.1 Å². The highest BCUT2D eigenvalue weighted by Crippen LogP contribution is 2.28. The van der Waals surface area contributed by atoms with Gasteiger partial charge in [0.25, 0.3) is 0 Å². The molecule has 3 atom stereocenters. The predicted octanol–water partition coefficient (Wildman–Crippen LogP) is 6.75. The Labute approximate surface area is 182 Å². The van der Waals surface area contributed by atoms with Gasteiger partial charge in [0.15, 0.2) is 0 Å². The summed E-state index contributed by atoms with van der Waals surface area (Å²) < 4.78 is 5.77. The number of unbranched alkanes of at least 4 members (excludes halogenated alkanes) is 12. The standard InChI is InChI=1S/C25H55NOSi/c1-6-7-8-9-10-11-12-13-14-15-16-17-18-20-25(21-19-22-26(4)5)23(2)24(3)27-28/h23-25H,6-22H2,1-5,28H3. The third-order valence-electron chi connectivity index (χ3n) is 6.71. The average molecular weight is 414 g/mol. The smallest absolute Gasteiger partial charge is 0.146 e. The van der Waals surface area contributed by atoms with E-state index in [1.165, 1.54) is 109 Å². The molecule has 0 aromatic rings. The zero-order valence-electron chi connectivity index (χ0n) is 20.6. The van der Waals surface area contributed by atoms with Gasteiger partial charge in [-0.1, -0.05) is 104 Å². The molecule has 0 aromatic carbocycles. The quantitative estimate of drug-likeness (QED) is 0.152. The van der Waals surface area contributed by atoms with E-state index in [2.05, 4.69) is 39.8 Å². The minimum absolute atomic E-state index is 0.443. The Morgan fingerprint density at radius 3 is 1.54 bits per heavy atom. The molecular weight excluding hydrogens is 358 g/mol. The molecule has 0 aliphatic rings. The number of nitrogens with zero attached hydrogens (tertiary/aromatic N) is 1. The molecule has 3 unspecified atom stereocenters. The minimum Gasteiger partial charge on any atom is -0.425 e. The first-order chi connectivity index (χ1) is 13.5. The Balaban J connectivity index is 3.72. The van der Waals surface area contributed by atoms with Gasteiger partial charge in [0.05, 0.1) is 0 Å². The van der Waals surface area contributed by atoms with Crippen LogP contribution in [0.25, 0.3) is 0 Å². The van der Waals surface area contributed by atoms with Crippen LogP contribution in [-0.2, 0) is 4.43 Å². The minimum atomic E-state index is 0.443. The number of hydrogen-bond donors (Lipinski definition) is 0. The van der Waals surface area contributed by atoms with Gasteiger partial charge in [-0.3, -0.25) is 0 Å². The summed E-state index contributed by atoms with van der Waals surface area (Å²) in [5.41, 5.74) is 0. The van der Waals surface area contributed by atoms with Crippen LogP contribution in [0.5, 0.6) is 0 Å². The molecule has 0 aliphatic carbocycles. The molecule has 0 fully saturated rings. The summed E-state index contributed by atoms with van der Waals surface area (Å²) in [6.45, 7) is 8.22. The monoisotopic (exact) mass is 413 g/mol. The number of rotatable bonds is 21. The van der Waals surface area contributed by atoms with Crippen LogP contribution in [0, 0.1) is 11.8 Å². The maximum absolute atomic E-state index is 5.77. The lowest BCUT2D eigenvalue weighted by molar-refractivity contribution is 0.119. The van der Waals surface area contributed by atoms with Crippen molar-refractivity contribution in [3.8, 4) is 0 Å². The van der Waals surface area contributed by atoms with Crippen molar-refractivity contribution in [1.29, 1.82) is 0 Å². The van der Waals surface area contributed by atoms with Crippen molar-refractivity contribution in [1.82, 2.24) is 4.90 Å². The predicted molar refractivity (Wildman–Crippen MR) is 131 cm³/mol. The van der Waals surface area contributed by atoms with Gasteiger partial charge in [-0.2, -0.15) is 0 Å². The molecule has 28 heavy (non-hydrogen) atoms. The van der Waals surface area contributed by atoms with Crippen molar-refractivity contribution in [3.05, 3.63) is 0 Å². The zero-order chi connectivity index (χ0) is 21.0. The second kappa shape index (κ2) is 20.4. The third kappa shape index (κ3) is 17.0. The van der Waals surface area contributed by atoms with Crippen LogP contribution in [0.3, 0.4) is 0 Å². The van der Waals surface area contributed by atoms with Crippen LogP contribution >= 0.6 is 0 Å². The average Bonchev–Trinajstić information content (AvgIpc) is 2.68. The highest BCUT2D eigenvalue weighted by Gasteiger charge is 2.21. The van der Waals surface area contributed by atoms with Gasteiger partial charge in [0, 0.05) is 6.10 Å². The van der Waals surface area contributed by atoms with Crippen molar-refractivity contribution >= 4 is 10.5 Å². The van der Waals surface area contributed by atoms with Gasteiger partial charge >= 0.3 is 0 Å². The second-order valence-electron chi connectivity index (χ2n) is 9.54. The van der Waals surface area contributed by atoms with E-state index in [1.54, 1.807) is 0 Å². The molecule has 2 nitrogen and oxygen atoms in total. The van der Waals surface area contributed by atoms with Crippen LogP contribution in [0.1, 0.15) is 124 Å². The van der Waals surface area contributed by atoms with Gasteiger partial charge in [0.1, 0.15) is 10.5 Å². The van der Waals surface area contributed by atoms with E-state index in [9.17, 15) is 0 Å². The molecule has 170 valence electrons. The van der Waals surface area contributed by atoms with Gasteiger partial charge in [-0.05, 0) is 52.2 Å². The van der Waals surface area contributed by atoms with Crippen molar-refractivity contribution in [2.45, 2.75) is 130 Å². The molecule has 0 saturated heterocycles. The normalized spacial score (nSPS) is 15.2. The molecular formula is C25H55NOSi. The molecule has 0 heterocycles. The number of hydrogen-bond acceptors (Lipinski definition) is 2. The highest BCUT2D eigenvalue weighted by molar-refractivity contribution is 5.98. The summed E-state index contributed by atoms with van der Waals surface area (Å²) in [6, 6.07) is 0. The fourth-order valence-corrected chi connectivity index (χ4v) is 4.79. The Morgan fingerprint density at radius 2 is 1.11 bits per heavy atom. The maximum atomic E-state index is 5.77. The third-order valence-corrected chi connectivity index (χ3v) is 7.46. The van der Waals surface area contributed by atoms with E-state index >= 15 is 0 Å². The summed E-state index contributed by atoms with van der Waals surface area (Å²) in [6.07, 6.45) is 23.3. The highest BCUT2D eigenvalue weighted by atomic mass is 28.2. The second-order valence-corrected chi connectivity index (χ2v) is 10.0. The molecule has 0 saturated carbocycles. The van der Waals surface area contributed by atoms with Gasteiger partial charge < -0.3 is 9.33 Å². The Hall–Kier alpha value is 0.137. The maximum Gasteiger partial charge on any atom is 0.146 e. The van der Waals surface area contributed by atoms with Gasteiger partial charge in [-0.25, -0.2) is 0 Å².